The number of ether oxygens (including phenoxy) is 1. The molecule has 2 N–H and O–H groups in total. The molecule has 0 radical (unpaired) electrons. The number of pyridine rings is 1. The van der Waals surface area contributed by atoms with Crippen molar-refractivity contribution in [1.82, 2.24) is 9.88 Å². The zero-order chi connectivity index (χ0) is 20.2. The van der Waals surface area contributed by atoms with Crippen LogP contribution in [0, 0.1) is 0 Å². The maximum absolute atomic E-state index is 9.04. The minimum Gasteiger partial charge on any atom is -0.488 e. The van der Waals surface area contributed by atoms with Crippen LogP contribution in [0.25, 0.3) is 22.0 Å². The second-order valence-corrected chi connectivity index (χ2v) is 7.29. The summed E-state index contributed by atoms with van der Waals surface area (Å²) in [6.45, 7) is 7.14. The lowest BCUT2D eigenvalue weighted by molar-refractivity contribution is -0.0680. The molecule has 6 nitrogen and oxygen atoms in total. The molecule has 2 heterocycles. The Hall–Kier alpha value is -2.67. The van der Waals surface area contributed by atoms with E-state index in [9.17, 15) is 0 Å². The van der Waals surface area contributed by atoms with Gasteiger partial charge in [0, 0.05) is 37.1 Å². The molecule has 0 atom stereocenters. The lowest BCUT2D eigenvalue weighted by Crippen LogP contribution is -2.46. The number of aliphatic hydroxyl groups excluding tert-OH is 1. The third-order valence-electron chi connectivity index (χ3n) is 5.37. The highest BCUT2D eigenvalue weighted by Gasteiger charge is 2.20. The Labute approximate surface area is 171 Å². The molecule has 152 valence electrons. The van der Waals surface area contributed by atoms with E-state index in [0.29, 0.717) is 5.75 Å². The zero-order valence-corrected chi connectivity index (χ0v) is 16.7. The third-order valence-corrected chi connectivity index (χ3v) is 5.37. The number of hydrogen-bond acceptors (Lipinski definition) is 6. The summed E-state index contributed by atoms with van der Waals surface area (Å²) in [5, 5.41) is 20.4. The van der Waals surface area contributed by atoms with E-state index in [2.05, 4.69) is 41.0 Å². The summed E-state index contributed by atoms with van der Waals surface area (Å²) in [6.07, 6.45) is -1.49. The molecule has 1 saturated heterocycles. The van der Waals surface area contributed by atoms with Crippen LogP contribution in [-0.4, -0.2) is 65.7 Å². The zero-order valence-electron chi connectivity index (χ0n) is 16.7. The average molecular weight is 393 g/mol. The topological polar surface area (TPSA) is 69.1 Å². The van der Waals surface area contributed by atoms with Gasteiger partial charge in [-0.25, -0.2) is 4.98 Å². The van der Waals surface area contributed by atoms with Gasteiger partial charge in [0.1, 0.15) is 18.2 Å². The number of hydrogen-bond donors (Lipinski definition) is 2. The van der Waals surface area contributed by atoms with Gasteiger partial charge in [-0.3, -0.25) is 0 Å². The summed E-state index contributed by atoms with van der Waals surface area (Å²) >= 11 is 0. The SMILES string of the molecule is CCN1CCN(c2nc(-c3cccc(OCC(O)O)c3)cc3ccccc23)CC1. The number of nitrogens with zero attached hydrogens (tertiary/aromatic N) is 3. The lowest BCUT2D eigenvalue weighted by Gasteiger charge is -2.35. The number of aliphatic hydroxyl groups is 2. The van der Waals surface area contributed by atoms with E-state index in [0.717, 1.165) is 60.6 Å². The molecule has 0 saturated carbocycles. The van der Waals surface area contributed by atoms with Crippen molar-refractivity contribution in [3.05, 3.63) is 54.6 Å². The summed E-state index contributed by atoms with van der Waals surface area (Å²) in [4.78, 5) is 9.87. The standard InChI is InChI=1S/C23H27N3O3/c1-2-25-10-12-26(13-11-25)23-20-9-4-3-6-17(20)15-21(24-23)18-7-5-8-19(14-18)29-16-22(27)28/h3-9,14-15,22,27-28H,2,10-13,16H2,1H3. The first-order valence-corrected chi connectivity index (χ1v) is 10.1. The summed E-state index contributed by atoms with van der Waals surface area (Å²) < 4.78 is 5.44. The number of fused-ring (bicyclic) bond motifs is 1. The van der Waals surface area contributed by atoms with E-state index in [4.69, 9.17) is 19.9 Å². The Morgan fingerprint density at radius 1 is 1.00 bits per heavy atom. The van der Waals surface area contributed by atoms with Crippen LogP contribution in [0.5, 0.6) is 5.75 Å². The van der Waals surface area contributed by atoms with Gasteiger partial charge in [-0.05, 0) is 30.1 Å². The van der Waals surface area contributed by atoms with Crippen LogP contribution < -0.4 is 9.64 Å². The highest BCUT2D eigenvalue weighted by atomic mass is 16.5. The van der Waals surface area contributed by atoms with Gasteiger partial charge in [0.25, 0.3) is 0 Å². The molecule has 1 aromatic heterocycles. The Morgan fingerprint density at radius 3 is 2.55 bits per heavy atom. The first kappa shape index (κ1) is 19.6. The van der Waals surface area contributed by atoms with Gasteiger partial charge >= 0.3 is 0 Å². The number of aromatic nitrogens is 1. The maximum atomic E-state index is 9.04. The molecule has 29 heavy (non-hydrogen) atoms. The lowest BCUT2D eigenvalue weighted by atomic mass is 10.1. The fraction of sp³-hybridized carbons (Fsp3) is 0.348. The molecular weight excluding hydrogens is 366 g/mol. The van der Waals surface area contributed by atoms with E-state index in [1.54, 1.807) is 6.07 Å². The van der Waals surface area contributed by atoms with Crippen LogP contribution in [-0.2, 0) is 0 Å². The molecule has 1 aliphatic heterocycles. The number of benzene rings is 2. The van der Waals surface area contributed by atoms with Crippen LogP contribution in [0.2, 0.25) is 0 Å². The van der Waals surface area contributed by atoms with Crippen molar-refractivity contribution >= 4 is 16.6 Å². The molecule has 2 aromatic carbocycles. The van der Waals surface area contributed by atoms with E-state index in [1.807, 2.05) is 24.3 Å². The predicted molar refractivity (Wildman–Crippen MR) is 115 cm³/mol. The molecule has 0 amide bonds. The molecular formula is C23H27N3O3. The summed E-state index contributed by atoms with van der Waals surface area (Å²) in [7, 11) is 0. The van der Waals surface area contributed by atoms with Gasteiger partial charge in [0.15, 0.2) is 6.29 Å². The van der Waals surface area contributed by atoms with Crippen LogP contribution in [0.4, 0.5) is 5.82 Å². The third kappa shape index (κ3) is 4.50. The number of rotatable bonds is 6. The van der Waals surface area contributed by atoms with Crippen LogP contribution in [0.1, 0.15) is 6.92 Å². The van der Waals surface area contributed by atoms with Gasteiger partial charge in [-0.15, -0.1) is 0 Å². The number of piperazine rings is 1. The van der Waals surface area contributed by atoms with Gasteiger partial charge in [0.05, 0.1) is 5.69 Å². The van der Waals surface area contributed by atoms with Crippen molar-refractivity contribution in [3.63, 3.8) is 0 Å². The Morgan fingerprint density at radius 2 is 1.79 bits per heavy atom. The van der Waals surface area contributed by atoms with E-state index < -0.39 is 6.29 Å². The Bertz CT molecular complexity index is 968. The fourth-order valence-corrected chi connectivity index (χ4v) is 3.76. The smallest absolute Gasteiger partial charge is 0.186 e. The maximum Gasteiger partial charge on any atom is 0.186 e. The second kappa shape index (κ2) is 8.78. The van der Waals surface area contributed by atoms with Crippen LogP contribution in [0.15, 0.2) is 54.6 Å². The molecule has 1 aliphatic rings. The fourth-order valence-electron chi connectivity index (χ4n) is 3.76. The second-order valence-electron chi connectivity index (χ2n) is 7.29. The molecule has 1 fully saturated rings. The summed E-state index contributed by atoms with van der Waals surface area (Å²) in [5.41, 5.74) is 1.82. The first-order valence-electron chi connectivity index (χ1n) is 10.1. The van der Waals surface area contributed by atoms with Crippen LogP contribution >= 0.6 is 0 Å². The van der Waals surface area contributed by atoms with Crippen LogP contribution in [0.3, 0.4) is 0 Å². The van der Waals surface area contributed by atoms with Crippen molar-refractivity contribution in [2.24, 2.45) is 0 Å². The minimum atomic E-state index is -1.49. The van der Waals surface area contributed by atoms with Gasteiger partial charge < -0.3 is 24.7 Å². The normalized spacial score (nSPS) is 15.2. The monoisotopic (exact) mass is 393 g/mol. The Kier molecular flexibility index (Phi) is 5.94. The minimum absolute atomic E-state index is 0.165. The quantitative estimate of drug-likeness (QED) is 0.628. The van der Waals surface area contributed by atoms with Crippen molar-refractivity contribution in [3.8, 4) is 17.0 Å². The predicted octanol–water partition coefficient (Wildman–Crippen LogP) is 2.73. The number of likely N-dealkylation sites (N-methyl/N-ethyl adjacent to an activating group) is 1. The van der Waals surface area contributed by atoms with E-state index >= 15 is 0 Å². The Balaban J connectivity index is 1.70. The van der Waals surface area contributed by atoms with E-state index in [1.165, 1.54) is 0 Å². The molecule has 0 aliphatic carbocycles. The van der Waals surface area contributed by atoms with Gasteiger partial charge in [-0.2, -0.15) is 0 Å². The van der Waals surface area contributed by atoms with Gasteiger partial charge in [0.2, 0.25) is 0 Å². The van der Waals surface area contributed by atoms with Crippen molar-refractivity contribution in [2.45, 2.75) is 13.2 Å². The molecule has 3 aromatic rings. The van der Waals surface area contributed by atoms with Crippen molar-refractivity contribution in [2.75, 3.05) is 44.2 Å². The van der Waals surface area contributed by atoms with Gasteiger partial charge in [-0.1, -0.05) is 43.3 Å². The average Bonchev–Trinajstić information content (AvgIpc) is 2.77. The molecule has 0 unspecified atom stereocenters. The first-order chi connectivity index (χ1) is 14.1. The number of anilines is 1. The van der Waals surface area contributed by atoms with Crippen molar-refractivity contribution in [1.29, 1.82) is 0 Å². The largest absolute Gasteiger partial charge is 0.488 e. The van der Waals surface area contributed by atoms with E-state index in [-0.39, 0.29) is 6.61 Å². The molecule has 0 spiro atoms. The highest BCUT2D eigenvalue weighted by Crippen LogP contribution is 2.31. The summed E-state index contributed by atoms with van der Waals surface area (Å²) in [6, 6.07) is 18.0. The molecule has 6 heteroatoms. The highest BCUT2D eigenvalue weighted by molar-refractivity contribution is 5.95. The molecule has 0 bridgehead atoms. The molecule has 4 rings (SSSR count). The van der Waals surface area contributed by atoms with Crippen molar-refractivity contribution < 1.29 is 14.9 Å². The summed E-state index contributed by atoms with van der Waals surface area (Å²) in [5.74, 6) is 1.61.